The Kier molecular flexibility index (Phi) is 4.48. The summed E-state index contributed by atoms with van der Waals surface area (Å²) in [7, 11) is 0. The van der Waals surface area contributed by atoms with Gasteiger partial charge in [-0.05, 0) is 0 Å². The molecule has 1 N–H and O–H groups in total. The van der Waals surface area contributed by atoms with Crippen molar-refractivity contribution >= 4 is 49.0 Å². The molecule has 0 spiro atoms. The molecule has 122 valence electrons. The van der Waals surface area contributed by atoms with Crippen molar-refractivity contribution in [2.45, 2.75) is 6.42 Å². The van der Waals surface area contributed by atoms with E-state index >= 15 is 0 Å². The molecular weight excluding hydrogens is 388 g/mol. The van der Waals surface area contributed by atoms with Crippen molar-refractivity contribution in [1.29, 1.82) is 0 Å². The Balaban J connectivity index is 1.70. The van der Waals surface area contributed by atoms with Gasteiger partial charge in [0.2, 0.25) is 0 Å². The number of hydrogen-bond acceptors (Lipinski definition) is 6. The quantitative estimate of drug-likeness (QED) is 0.662. The van der Waals surface area contributed by atoms with Crippen LogP contribution in [0.2, 0.25) is 0 Å². The first-order valence-corrected chi connectivity index (χ1v) is 9.51. The minimum atomic E-state index is -0.219. The molecule has 3 heterocycles. The van der Waals surface area contributed by atoms with Crippen molar-refractivity contribution in [2.75, 3.05) is 31.1 Å². The van der Waals surface area contributed by atoms with Crippen LogP contribution in [0.3, 0.4) is 0 Å². The zero-order chi connectivity index (χ0) is 16.5. The van der Waals surface area contributed by atoms with Gasteiger partial charge in [-0.2, -0.15) is 0 Å². The Morgan fingerprint density at radius 3 is 2.62 bits per heavy atom. The maximum absolute atomic E-state index is 13.1. The number of hydrogen-bond donors (Lipinski definition) is 1. The van der Waals surface area contributed by atoms with Crippen LogP contribution in [0, 0.1) is 5.82 Å². The molecule has 24 heavy (non-hydrogen) atoms. The third-order valence-electron chi connectivity index (χ3n) is 3.96. The molecule has 0 bridgehead atoms. The van der Waals surface area contributed by atoms with Crippen LogP contribution in [0.15, 0.2) is 24.3 Å². The number of fused-ring (bicyclic) bond motifs is 1. The van der Waals surface area contributed by atoms with Crippen LogP contribution in [0.25, 0.3) is 10.3 Å². The van der Waals surface area contributed by atoms with E-state index in [0.717, 1.165) is 52.9 Å². The fraction of sp³-hybridized carbons (Fsp3) is 0.312. The van der Waals surface area contributed by atoms with Gasteiger partial charge in [0.1, 0.15) is 0 Å². The first-order valence-electron chi connectivity index (χ1n) is 7.75. The number of anilines is 1. The summed E-state index contributed by atoms with van der Waals surface area (Å²) in [6.45, 7) is 3.74. The van der Waals surface area contributed by atoms with Crippen LogP contribution in [0.4, 0.5) is 10.2 Å². The fourth-order valence-corrected chi connectivity index (χ4v) is 4.31. The molecule has 1 aliphatic rings. The van der Waals surface area contributed by atoms with Gasteiger partial charge in [0.05, 0.1) is 0 Å². The van der Waals surface area contributed by atoms with Crippen LogP contribution < -0.4 is 14.8 Å². The number of nitrogens with zero attached hydrogens (tertiary/aromatic N) is 4. The summed E-state index contributed by atoms with van der Waals surface area (Å²) in [5.74, 6) is 0.696. The molecule has 5 nitrogen and oxygen atoms in total. The van der Waals surface area contributed by atoms with Crippen molar-refractivity contribution < 1.29 is 4.39 Å². The second kappa shape index (κ2) is 6.74. The van der Waals surface area contributed by atoms with Crippen LogP contribution in [0.1, 0.15) is 10.6 Å². The number of nitrogens with one attached hydrogen (secondary N) is 1. The summed E-state index contributed by atoms with van der Waals surface area (Å²) in [6, 6.07) is 6.56. The van der Waals surface area contributed by atoms with Crippen molar-refractivity contribution in [3.8, 4) is 0 Å². The third-order valence-corrected chi connectivity index (χ3v) is 5.33. The van der Waals surface area contributed by atoms with E-state index in [1.54, 1.807) is 23.5 Å². The van der Waals surface area contributed by atoms with Gasteiger partial charge in [0.25, 0.3) is 0 Å². The van der Waals surface area contributed by atoms with Crippen LogP contribution in [-0.4, -0.2) is 58.0 Å². The summed E-state index contributed by atoms with van der Waals surface area (Å²) >= 11 is 4.00. The van der Waals surface area contributed by atoms with E-state index in [0.29, 0.717) is 11.0 Å². The van der Waals surface area contributed by atoms with Gasteiger partial charge in [0.15, 0.2) is 0 Å². The Morgan fingerprint density at radius 2 is 1.88 bits per heavy atom. The van der Waals surface area contributed by atoms with E-state index in [1.165, 1.54) is 12.1 Å². The molecule has 0 aliphatic carbocycles. The van der Waals surface area contributed by atoms with Gasteiger partial charge < -0.3 is 0 Å². The summed E-state index contributed by atoms with van der Waals surface area (Å²) in [5.41, 5.74) is 1.91. The maximum atomic E-state index is 13.1. The zero-order valence-corrected chi connectivity index (χ0v) is 15.6. The standard InChI is InChI=1S/C16H15AsFN5S/c17-16-21-14(23-7-5-19-6-8-23)13-15(22-16)24-12(20-13)9-10-1-3-11(18)4-2-10/h1-4,19H,5-9H2. The van der Waals surface area contributed by atoms with E-state index in [1.807, 2.05) is 0 Å². The van der Waals surface area contributed by atoms with Gasteiger partial charge in [-0.3, -0.25) is 0 Å². The molecule has 2 aromatic heterocycles. The SMILES string of the molecule is Fc1ccc(Cc2nc3c(N4CCNCC4)nc([As])nc3s2)cc1. The van der Waals surface area contributed by atoms with E-state index in [9.17, 15) is 4.39 Å². The van der Waals surface area contributed by atoms with Gasteiger partial charge >= 0.3 is 152 Å². The Morgan fingerprint density at radius 1 is 1.12 bits per heavy atom. The number of benzene rings is 1. The monoisotopic (exact) mass is 403 g/mol. The molecular formula is C16H15AsFN5S. The molecule has 0 unspecified atom stereocenters. The van der Waals surface area contributed by atoms with Crippen molar-refractivity contribution in [1.82, 2.24) is 20.3 Å². The summed E-state index contributed by atoms with van der Waals surface area (Å²) < 4.78 is 13.8. The molecule has 1 fully saturated rings. The molecule has 1 aliphatic heterocycles. The van der Waals surface area contributed by atoms with Crippen LogP contribution >= 0.6 is 11.3 Å². The van der Waals surface area contributed by atoms with Crippen LogP contribution in [0.5, 0.6) is 0 Å². The van der Waals surface area contributed by atoms with Gasteiger partial charge in [-0.15, -0.1) is 0 Å². The molecule has 0 atom stereocenters. The van der Waals surface area contributed by atoms with E-state index in [4.69, 9.17) is 4.98 Å². The predicted molar refractivity (Wildman–Crippen MR) is 94.9 cm³/mol. The molecule has 2 radical (unpaired) electrons. The molecule has 1 saturated heterocycles. The first kappa shape index (κ1) is 15.9. The molecule has 3 aromatic rings. The summed E-state index contributed by atoms with van der Waals surface area (Å²) in [6.07, 6.45) is 0.677. The Labute approximate surface area is 151 Å². The molecule has 0 amide bonds. The Bertz CT molecular complexity index is 861. The van der Waals surface area contributed by atoms with Gasteiger partial charge in [0, 0.05) is 0 Å². The first-order chi connectivity index (χ1) is 11.7. The van der Waals surface area contributed by atoms with Gasteiger partial charge in [-0.25, -0.2) is 0 Å². The van der Waals surface area contributed by atoms with Crippen LogP contribution in [-0.2, 0) is 6.42 Å². The number of halogens is 1. The normalized spacial score (nSPS) is 15.2. The average molecular weight is 403 g/mol. The molecule has 0 saturated carbocycles. The topological polar surface area (TPSA) is 53.9 Å². The zero-order valence-electron chi connectivity index (χ0n) is 12.9. The summed E-state index contributed by atoms with van der Waals surface area (Å²) in [5, 5.41) is 4.32. The second-order valence-electron chi connectivity index (χ2n) is 5.65. The van der Waals surface area contributed by atoms with Crippen molar-refractivity contribution in [2.24, 2.45) is 0 Å². The molecule has 1 aromatic carbocycles. The van der Waals surface area contributed by atoms with Crippen molar-refractivity contribution in [3.05, 3.63) is 40.7 Å². The molecule has 8 heteroatoms. The predicted octanol–water partition coefficient (Wildman–Crippen LogP) is 1.02. The minimum absolute atomic E-state index is 0.219. The number of aromatic nitrogens is 3. The van der Waals surface area contributed by atoms with Gasteiger partial charge in [-0.1, -0.05) is 0 Å². The second-order valence-corrected chi connectivity index (χ2v) is 7.55. The van der Waals surface area contributed by atoms with Crippen molar-refractivity contribution in [3.63, 3.8) is 0 Å². The fourth-order valence-electron chi connectivity index (χ4n) is 2.79. The van der Waals surface area contributed by atoms with E-state index in [-0.39, 0.29) is 5.82 Å². The third kappa shape index (κ3) is 3.29. The number of piperazine rings is 1. The molecule has 4 rings (SSSR count). The van der Waals surface area contributed by atoms with E-state index in [2.05, 4.69) is 37.0 Å². The number of rotatable bonds is 3. The average Bonchev–Trinajstić information content (AvgIpc) is 2.99. The Hall–Kier alpha value is -1.56. The van der Waals surface area contributed by atoms with E-state index < -0.39 is 0 Å². The summed E-state index contributed by atoms with van der Waals surface area (Å²) in [4.78, 5) is 17.1. The number of thiazole rings is 1.